The average molecular weight is 318 g/mol. The smallest absolute Gasteiger partial charge is 0.349 e. The minimum Gasteiger partial charge on any atom is -0.422 e. The molecule has 0 unspecified atom stereocenters. The second-order valence-electron chi connectivity index (χ2n) is 4.57. The minimum atomic E-state index is -0.746. The highest BCUT2D eigenvalue weighted by molar-refractivity contribution is 6.31. The number of para-hydroxylation sites is 1. The highest BCUT2D eigenvalue weighted by atomic mass is 35.5. The third kappa shape index (κ3) is 2.71. The molecular weight excluding hydrogens is 309 g/mol. The van der Waals surface area contributed by atoms with Crippen LogP contribution in [0.5, 0.6) is 0 Å². The van der Waals surface area contributed by atoms with E-state index >= 15 is 0 Å². The third-order valence-corrected chi connectivity index (χ3v) is 3.35. The number of hydrogen-bond acceptors (Lipinski definition) is 3. The Hall–Kier alpha value is -2.66. The number of carbonyl (C=O) groups excluding carboxylic acids is 1. The molecular formula is C16H9ClFNO3. The summed E-state index contributed by atoms with van der Waals surface area (Å²) in [5.41, 5.74) is -0.207. The molecule has 3 rings (SSSR count). The maximum Gasteiger partial charge on any atom is 0.349 e. The first-order chi connectivity index (χ1) is 10.5. The number of rotatable bonds is 2. The van der Waals surface area contributed by atoms with E-state index in [2.05, 4.69) is 5.32 Å². The van der Waals surface area contributed by atoms with Crippen molar-refractivity contribution in [3.8, 4) is 0 Å². The fourth-order valence-electron chi connectivity index (χ4n) is 1.99. The van der Waals surface area contributed by atoms with Crippen LogP contribution in [-0.4, -0.2) is 5.91 Å². The van der Waals surface area contributed by atoms with Gasteiger partial charge in [0.1, 0.15) is 17.0 Å². The van der Waals surface area contributed by atoms with E-state index < -0.39 is 17.3 Å². The molecule has 4 nitrogen and oxygen atoms in total. The van der Waals surface area contributed by atoms with Gasteiger partial charge in [0.05, 0.1) is 5.02 Å². The summed E-state index contributed by atoms with van der Waals surface area (Å²) in [6.45, 7) is 0. The van der Waals surface area contributed by atoms with Crippen LogP contribution in [0.1, 0.15) is 10.4 Å². The van der Waals surface area contributed by atoms with Crippen molar-refractivity contribution < 1.29 is 13.6 Å². The molecule has 1 N–H and O–H groups in total. The van der Waals surface area contributed by atoms with Crippen LogP contribution in [0.3, 0.4) is 0 Å². The van der Waals surface area contributed by atoms with Gasteiger partial charge in [0.25, 0.3) is 5.91 Å². The van der Waals surface area contributed by atoms with Crippen molar-refractivity contribution in [2.45, 2.75) is 0 Å². The van der Waals surface area contributed by atoms with Crippen LogP contribution in [0.15, 0.2) is 57.7 Å². The summed E-state index contributed by atoms with van der Waals surface area (Å²) in [5, 5.41) is 2.99. The van der Waals surface area contributed by atoms with Crippen LogP contribution in [0.25, 0.3) is 11.0 Å². The van der Waals surface area contributed by atoms with Gasteiger partial charge in [-0.3, -0.25) is 4.79 Å². The second kappa shape index (κ2) is 5.61. The number of halogens is 2. The lowest BCUT2D eigenvalue weighted by atomic mass is 10.1. The Morgan fingerprint density at radius 2 is 1.91 bits per heavy atom. The van der Waals surface area contributed by atoms with E-state index in [1.165, 1.54) is 18.2 Å². The van der Waals surface area contributed by atoms with E-state index in [-0.39, 0.29) is 16.3 Å². The SMILES string of the molecule is O=C(Nc1ccc(F)c(Cl)c1)c1cc2ccccc2oc1=O. The van der Waals surface area contributed by atoms with E-state index in [4.69, 9.17) is 16.0 Å². The van der Waals surface area contributed by atoms with Crippen molar-refractivity contribution in [1.29, 1.82) is 0 Å². The molecule has 0 saturated carbocycles. The van der Waals surface area contributed by atoms with Gasteiger partial charge >= 0.3 is 5.63 Å². The quantitative estimate of drug-likeness (QED) is 0.731. The molecule has 0 aliphatic heterocycles. The number of carbonyl (C=O) groups is 1. The van der Waals surface area contributed by atoms with Gasteiger partial charge < -0.3 is 9.73 Å². The predicted molar refractivity (Wildman–Crippen MR) is 81.8 cm³/mol. The van der Waals surface area contributed by atoms with Crippen LogP contribution in [0, 0.1) is 5.82 Å². The van der Waals surface area contributed by atoms with E-state index in [1.54, 1.807) is 24.3 Å². The monoisotopic (exact) mass is 317 g/mol. The fraction of sp³-hybridized carbons (Fsp3) is 0. The molecule has 0 spiro atoms. The maximum atomic E-state index is 13.1. The highest BCUT2D eigenvalue weighted by Crippen LogP contribution is 2.20. The zero-order valence-corrected chi connectivity index (χ0v) is 11.9. The van der Waals surface area contributed by atoms with E-state index in [0.717, 1.165) is 6.07 Å². The Morgan fingerprint density at radius 1 is 1.14 bits per heavy atom. The first-order valence-electron chi connectivity index (χ1n) is 6.34. The average Bonchev–Trinajstić information content (AvgIpc) is 2.50. The highest BCUT2D eigenvalue weighted by Gasteiger charge is 2.14. The van der Waals surface area contributed by atoms with Gasteiger partial charge in [0.15, 0.2) is 0 Å². The molecule has 0 bridgehead atoms. The lowest BCUT2D eigenvalue weighted by Gasteiger charge is -2.06. The molecule has 1 aromatic heterocycles. The summed E-state index contributed by atoms with van der Waals surface area (Å²) in [6.07, 6.45) is 0. The molecule has 0 saturated heterocycles. The fourth-order valence-corrected chi connectivity index (χ4v) is 2.17. The number of nitrogens with one attached hydrogen (secondary N) is 1. The first-order valence-corrected chi connectivity index (χ1v) is 6.72. The predicted octanol–water partition coefficient (Wildman–Crippen LogP) is 3.84. The zero-order valence-electron chi connectivity index (χ0n) is 11.1. The standard InChI is InChI=1S/C16H9ClFNO3/c17-12-8-10(5-6-13(12)18)19-15(20)11-7-9-3-1-2-4-14(9)22-16(11)21/h1-8H,(H,19,20). The summed E-state index contributed by atoms with van der Waals surface area (Å²) in [4.78, 5) is 24.0. The van der Waals surface area contributed by atoms with Gasteiger partial charge in [-0.2, -0.15) is 0 Å². The normalized spacial score (nSPS) is 10.6. The Labute approximate surface area is 129 Å². The molecule has 1 amide bonds. The molecule has 0 aliphatic rings. The van der Waals surface area contributed by atoms with Crippen molar-refractivity contribution in [1.82, 2.24) is 0 Å². The van der Waals surface area contributed by atoms with Crippen LogP contribution in [-0.2, 0) is 0 Å². The molecule has 0 radical (unpaired) electrons. The van der Waals surface area contributed by atoms with Crippen molar-refractivity contribution in [3.05, 3.63) is 75.4 Å². The van der Waals surface area contributed by atoms with E-state index in [9.17, 15) is 14.0 Å². The van der Waals surface area contributed by atoms with Gasteiger partial charge in [-0.1, -0.05) is 29.8 Å². The lowest BCUT2D eigenvalue weighted by molar-refractivity contribution is 0.102. The topological polar surface area (TPSA) is 59.3 Å². The van der Waals surface area contributed by atoms with Gasteiger partial charge in [-0.15, -0.1) is 0 Å². The largest absolute Gasteiger partial charge is 0.422 e. The van der Waals surface area contributed by atoms with Gasteiger partial charge in [-0.25, -0.2) is 9.18 Å². The van der Waals surface area contributed by atoms with Crippen molar-refractivity contribution in [2.75, 3.05) is 5.32 Å². The van der Waals surface area contributed by atoms with Crippen LogP contribution < -0.4 is 10.9 Å². The molecule has 0 aliphatic carbocycles. The summed E-state index contributed by atoms with van der Waals surface area (Å²) in [7, 11) is 0. The number of fused-ring (bicyclic) bond motifs is 1. The van der Waals surface area contributed by atoms with E-state index in [1.807, 2.05) is 0 Å². The van der Waals surface area contributed by atoms with Gasteiger partial charge in [-0.05, 0) is 30.3 Å². The zero-order chi connectivity index (χ0) is 15.7. The van der Waals surface area contributed by atoms with Crippen molar-refractivity contribution in [2.24, 2.45) is 0 Å². The lowest BCUT2D eigenvalue weighted by Crippen LogP contribution is -2.20. The second-order valence-corrected chi connectivity index (χ2v) is 4.98. The third-order valence-electron chi connectivity index (χ3n) is 3.06. The summed E-state index contributed by atoms with van der Waals surface area (Å²) in [5.74, 6) is -1.24. The molecule has 110 valence electrons. The first kappa shape index (κ1) is 14.3. The Bertz CT molecular complexity index is 936. The van der Waals surface area contributed by atoms with E-state index in [0.29, 0.717) is 11.0 Å². The minimum absolute atomic E-state index is 0.122. The van der Waals surface area contributed by atoms with Gasteiger partial charge in [0.2, 0.25) is 0 Å². The van der Waals surface area contributed by atoms with Crippen molar-refractivity contribution >= 4 is 34.2 Å². The maximum absolute atomic E-state index is 13.1. The summed E-state index contributed by atoms with van der Waals surface area (Å²) in [6, 6.07) is 12.0. The van der Waals surface area contributed by atoms with Crippen LogP contribution >= 0.6 is 11.6 Å². The number of benzene rings is 2. The molecule has 1 heterocycles. The summed E-state index contributed by atoms with van der Waals surface area (Å²) >= 11 is 5.65. The molecule has 6 heteroatoms. The number of hydrogen-bond donors (Lipinski definition) is 1. The number of amides is 1. The Kier molecular flexibility index (Phi) is 3.65. The molecule has 0 fully saturated rings. The van der Waals surface area contributed by atoms with Crippen molar-refractivity contribution in [3.63, 3.8) is 0 Å². The van der Waals surface area contributed by atoms with Gasteiger partial charge in [0, 0.05) is 11.1 Å². The Morgan fingerprint density at radius 3 is 2.68 bits per heavy atom. The molecule has 22 heavy (non-hydrogen) atoms. The number of anilines is 1. The molecule has 3 aromatic rings. The Balaban J connectivity index is 1.96. The van der Waals surface area contributed by atoms with Crippen LogP contribution in [0.4, 0.5) is 10.1 Å². The molecule has 2 aromatic carbocycles. The van der Waals surface area contributed by atoms with Crippen LogP contribution in [0.2, 0.25) is 5.02 Å². The summed E-state index contributed by atoms with van der Waals surface area (Å²) < 4.78 is 18.2. The molecule has 0 atom stereocenters.